The van der Waals surface area contributed by atoms with Gasteiger partial charge in [-0.25, -0.2) is 0 Å². The number of hydrogen-bond donors (Lipinski definition) is 2. The maximum absolute atomic E-state index is 12.2. The lowest BCUT2D eigenvalue weighted by Crippen LogP contribution is -2.42. The van der Waals surface area contributed by atoms with Crippen LogP contribution in [-0.2, 0) is 4.79 Å². The second-order valence-electron chi connectivity index (χ2n) is 7.02. The predicted octanol–water partition coefficient (Wildman–Crippen LogP) is 3.82. The van der Waals surface area contributed by atoms with Gasteiger partial charge in [0.2, 0.25) is 5.91 Å². The van der Waals surface area contributed by atoms with Crippen LogP contribution < -0.4 is 15.4 Å². The molecule has 0 heterocycles. The highest BCUT2D eigenvalue weighted by atomic mass is 16.5. The molecular formula is C21H32N2O3. The highest BCUT2D eigenvalue weighted by Gasteiger charge is 2.15. The number of carbonyl (C=O) groups is 2. The number of ether oxygens (including phenoxy) is 1. The monoisotopic (exact) mass is 360 g/mol. The van der Waals surface area contributed by atoms with Crippen molar-refractivity contribution in [1.29, 1.82) is 0 Å². The molecule has 0 aromatic heterocycles. The first-order valence-corrected chi connectivity index (χ1v) is 9.99. The van der Waals surface area contributed by atoms with Gasteiger partial charge in [-0.2, -0.15) is 0 Å². The molecule has 1 aliphatic carbocycles. The predicted molar refractivity (Wildman–Crippen MR) is 103 cm³/mol. The van der Waals surface area contributed by atoms with E-state index in [-0.39, 0.29) is 24.4 Å². The number of benzene rings is 1. The van der Waals surface area contributed by atoms with Gasteiger partial charge in [0.25, 0.3) is 5.91 Å². The van der Waals surface area contributed by atoms with E-state index in [1.165, 1.54) is 32.1 Å². The summed E-state index contributed by atoms with van der Waals surface area (Å²) in [6.07, 6.45) is 10.3. The van der Waals surface area contributed by atoms with Crippen LogP contribution in [0.5, 0.6) is 5.75 Å². The van der Waals surface area contributed by atoms with Gasteiger partial charge in [-0.3, -0.25) is 9.59 Å². The maximum Gasteiger partial charge on any atom is 0.251 e. The number of hydrogen-bond acceptors (Lipinski definition) is 3. The summed E-state index contributed by atoms with van der Waals surface area (Å²) in [6, 6.07) is 7.28. The summed E-state index contributed by atoms with van der Waals surface area (Å²) in [5.41, 5.74) is 0.534. The number of rotatable bonds is 8. The number of amides is 2. The number of nitrogens with one attached hydrogen (secondary N) is 2. The fraction of sp³-hybridized carbons (Fsp3) is 0.619. The van der Waals surface area contributed by atoms with Crippen LogP contribution in [0.1, 0.15) is 75.1 Å². The summed E-state index contributed by atoms with van der Waals surface area (Å²) in [5.74, 6) is 0.415. The molecule has 26 heavy (non-hydrogen) atoms. The summed E-state index contributed by atoms with van der Waals surface area (Å²) in [5, 5.41) is 5.75. The Labute approximate surface area is 156 Å². The average molecular weight is 360 g/mol. The Morgan fingerprint density at radius 1 is 1.04 bits per heavy atom. The first-order valence-electron chi connectivity index (χ1n) is 9.99. The zero-order valence-electron chi connectivity index (χ0n) is 15.9. The van der Waals surface area contributed by atoms with E-state index in [0.717, 1.165) is 31.4 Å². The van der Waals surface area contributed by atoms with Crippen molar-refractivity contribution in [3.63, 3.8) is 0 Å². The van der Waals surface area contributed by atoms with Crippen LogP contribution in [0.2, 0.25) is 0 Å². The van der Waals surface area contributed by atoms with Crippen molar-refractivity contribution in [1.82, 2.24) is 10.6 Å². The topological polar surface area (TPSA) is 67.4 Å². The van der Waals surface area contributed by atoms with Crippen LogP contribution in [0.15, 0.2) is 24.3 Å². The molecule has 0 bridgehead atoms. The molecule has 2 rings (SSSR count). The molecule has 1 aromatic rings. The summed E-state index contributed by atoms with van der Waals surface area (Å²) in [4.78, 5) is 24.3. The molecule has 2 amide bonds. The summed E-state index contributed by atoms with van der Waals surface area (Å²) in [6.45, 7) is 2.82. The van der Waals surface area contributed by atoms with E-state index < -0.39 is 0 Å². The molecule has 0 saturated heterocycles. The van der Waals surface area contributed by atoms with Gasteiger partial charge >= 0.3 is 0 Å². The molecule has 5 nitrogen and oxygen atoms in total. The van der Waals surface area contributed by atoms with E-state index in [2.05, 4.69) is 17.6 Å². The number of carbonyl (C=O) groups excluding carboxylic acids is 2. The van der Waals surface area contributed by atoms with E-state index in [1.54, 1.807) is 24.3 Å². The molecule has 144 valence electrons. The van der Waals surface area contributed by atoms with Crippen LogP contribution in [0.4, 0.5) is 0 Å². The Hall–Kier alpha value is -2.04. The van der Waals surface area contributed by atoms with Crippen molar-refractivity contribution in [3.8, 4) is 5.75 Å². The van der Waals surface area contributed by atoms with Crippen molar-refractivity contribution in [2.75, 3.05) is 13.2 Å². The summed E-state index contributed by atoms with van der Waals surface area (Å²) < 4.78 is 5.59. The Morgan fingerprint density at radius 2 is 1.69 bits per heavy atom. The molecule has 2 N–H and O–H groups in total. The Kier molecular flexibility index (Phi) is 9.01. The molecule has 0 spiro atoms. The lowest BCUT2D eigenvalue weighted by atomic mass is 9.97. The standard InChI is InChI=1S/C21H32N2O3/c1-2-3-15-26-19-13-11-17(12-14-19)21(25)22-16-20(24)23-18-9-7-5-4-6-8-10-18/h11-14,18H,2-10,15-16H2,1H3,(H,22,25)(H,23,24). The Bertz CT molecular complexity index is 549. The largest absolute Gasteiger partial charge is 0.494 e. The molecule has 0 aliphatic heterocycles. The molecular weight excluding hydrogens is 328 g/mol. The second kappa shape index (κ2) is 11.6. The van der Waals surface area contributed by atoms with Crippen molar-refractivity contribution < 1.29 is 14.3 Å². The van der Waals surface area contributed by atoms with E-state index in [1.807, 2.05) is 0 Å². The quantitative estimate of drug-likeness (QED) is 0.693. The highest BCUT2D eigenvalue weighted by Crippen LogP contribution is 2.17. The fourth-order valence-electron chi connectivity index (χ4n) is 3.18. The van der Waals surface area contributed by atoms with Crippen LogP contribution in [0, 0.1) is 0 Å². The molecule has 1 aromatic carbocycles. The lowest BCUT2D eigenvalue weighted by molar-refractivity contribution is -0.120. The molecule has 1 fully saturated rings. The lowest BCUT2D eigenvalue weighted by Gasteiger charge is -2.21. The molecule has 0 unspecified atom stereocenters. The van der Waals surface area contributed by atoms with Crippen LogP contribution >= 0.6 is 0 Å². The van der Waals surface area contributed by atoms with Gasteiger partial charge in [0.1, 0.15) is 5.75 Å². The average Bonchev–Trinajstić information content (AvgIpc) is 2.62. The Morgan fingerprint density at radius 3 is 2.35 bits per heavy atom. The van der Waals surface area contributed by atoms with Crippen LogP contribution in [0.25, 0.3) is 0 Å². The van der Waals surface area contributed by atoms with Crippen LogP contribution in [-0.4, -0.2) is 31.0 Å². The minimum absolute atomic E-state index is 0.0179. The SMILES string of the molecule is CCCCOc1ccc(C(=O)NCC(=O)NC2CCCCCCC2)cc1. The van der Waals surface area contributed by atoms with Crippen molar-refractivity contribution in [2.24, 2.45) is 0 Å². The molecule has 1 aliphatic rings. The third kappa shape index (κ3) is 7.46. The van der Waals surface area contributed by atoms with E-state index in [0.29, 0.717) is 12.2 Å². The third-order valence-electron chi connectivity index (χ3n) is 4.76. The third-order valence-corrected chi connectivity index (χ3v) is 4.76. The van der Waals surface area contributed by atoms with Crippen molar-refractivity contribution >= 4 is 11.8 Å². The van der Waals surface area contributed by atoms with Gasteiger partial charge in [-0.15, -0.1) is 0 Å². The fourth-order valence-corrected chi connectivity index (χ4v) is 3.18. The first-order chi connectivity index (χ1) is 12.7. The summed E-state index contributed by atoms with van der Waals surface area (Å²) >= 11 is 0. The second-order valence-corrected chi connectivity index (χ2v) is 7.02. The van der Waals surface area contributed by atoms with Gasteiger partial charge in [0.15, 0.2) is 0 Å². The van der Waals surface area contributed by atoms with E-state index in [9.17, 15) is 9.59 Å². The normalized spacial score (nSPS) is 15.6. The highest BCUT2D eigenvalue weighted by molar-refractivity contribution is 5.96. The minimum atomic E-state index is -0.238. The summed E-state index contributed by atoms with van der Waals surface area (Å²) in [7, 11) is 0. The first kappa shape index (κ1) is 20.3. The smallest absolute Gasteiger partial charge is 0.251 e. The van der Waals surface area contributed by atoms with Crippen molar-refractivity contribution in [2.45, 2.75) is 70.8 Å². The molecule has 0 atom stereocenters. The molecule has 1 saturated carbocycles. The van der Waals surface area contributed by atoms with Gasteiger partial charge < -0.3 is 15.4 Å². The zero-order valence-corrected chi connectivity index (χ0v) is 15.9. The molecule has 5 heteroatoms. The Balaban J connectivity index is 1.72. The molecule has 0 radical (unpaired) electrons. The van der Waals surface area contributed by atoms with Gasteiger partial charge in [-0.1, -0.05) is 45.4 Å². The van der Waals surface area contributed by atoms with Gasteiger partial charge in [0, 0.05) is 11.6 Å². The minimum Gasteiger partial charge on any atom is -0.494 e. The van der Waals surface area contributed by atoms with Gasteiger partial charge in [0.05, 0.1) is 13.2 Å². The zero-order chi connectivity index (χ0) is 18.6. The van der Waals surface area contributed by atoms with Gasteiger partial charge in [-0.05, 0) is 43.5 Å². The van der Waals surface area contributed by atoms with Crippen molar-refractivity contribution in [3.05, 3.63) is 29.8 Å². The van der Waals surface area contributed by atoms with E-state index in [4.69, 9.17) is 4.74 Å². The van der Waals surface area contributed by atoms with E-state index >= 15 is 0 Å². The number of unbranched alkanes of at least 4 members (excludes halogenated alkanes) is 1. The van der Waals surface area contributed by atoms with Crippen LogP contribution in [0.3, 0.4) is 0 Å². The maximum atomic E-state index is 12.2.